The first-order valence-corrected chi connectivity index (χ1v) is 6.63. The van der Waals surface area contributed by atoms with Gasteiger partial charge in [-0.2, -0.15) is 0 Å². The maximum Gasteiger partial charge on any atom is 0.323 e. The van der Waals surface area contributed by atoms with Crippen LogP contribution < -0.4 is 5.73 Å². The molecule has 0 saturated carbocycles. The molecule has 0 aliphatic carbocycles. The molecule has 18 heavy (non-hydrogen) atoms. The van der Waals surface area contributed by atoms with E-state index in [1.165, 1.54) is 7.11 Å². The summed E-state index contributed by atoms with van der Waals surface area (Å²) in [6.07, 6.45) is 3.51. The van der Waals surface area contributed by atoms with Crippen LogP contribution in [0.5, 0.6) is 0 Å². The van der Waals surface area contributed by atoms with Gasteiger partial charge in [-0.05, 0) is 41.4 Å². The summed E-state index contributed by atoms with van der Waals surface area (Å²) >= 11 is 3.38. The van der Waals surface area contributed by atoms with Crippen LogP contribution in [0.3, 0.4) is 0 Å². The zero-order valence-electron chi connectivity index (χ0n) is 10.2. The van der Waals surface area contributed by atoms with Gasteiger partial charge in [0.15, 0.2) is 0 Å². The van der Waals surface area contributed by atoms with E-state index in [1.54, 1.807) is 6.20 Å². The summed E-state index contributed by atoms with van der Waals surface area (Å²) in [5.41, 5.74) is 6.78. The first-order valence-electron chi connectivity index (χ1n) is 5.83. The number of carbonyl (C=O) groups excluding carboxylic acids is 1. The Morgan fingerprint density at radius 3 is 3.22 bits per heavy atom. The molecular formula is C12H16BrN3O2. The molecule has 1 atom stereocenters. The molecule has 2 rings (SSSR count). The predicted octanol–water partition coefficient (Wildman–Crippen LogP) is 1.56. The Morgan fingerprint density at radius 1 is 1.72 bits per heavy atom. The van der Waals surface area contributed by atoms with Crippen molar-refractivity contribution >= 4 is 27.7 Å². The van der Waals surface area contributed by atoms with Crippen LogP contribution in [0, 0.1) is 0 Å². The minimum Gasteiger partial charge on any atom is -0.468 e. The second-order valence-electron chi connectivity index (χ2n) is 4.35. The van der Waals surface area contributed by atoms with Crippen molar-refractivity contribution in [1.82, 2.24) is 9.88 Å². The molecule has 2 N–H and O–H groups in total. The molecule has 1 aromatic heterocycles. The summed E-state index contributed by atoms with van der Waals surface area (Å²) in [5.74, 6) is 0.336. The highest BCUT2D eigenvalue weighted by Crippen LogP contribution is 2.24. The Labute approximate surface area is 114 Å². The number of carbonyl (C=O) groups is 1. The van der Waals surface area contributed by atoms with E-state index in [4.69, 9.17) is 10.5 Å². The summed E-state index contributed by atoms with van der Waals surface area (Å²) < 4.78 is 5.71. The van der Waals surface area contributed by atoms with Gasteiger partial charge < -0.3 is 10.5 Å². The van der Waals surface area contributed by atoms with Gasteiger partial charge in [0, 0.05) is 22.8 Å². The van der Waals surface area contributed by atoms with Crippen LogP contribution in [0.4, 0.5) is 5.82 Å². The number of rotatable bonds is 3. The lowest BCUT2D eigenvalue weighted by molar-refractivity contribution is -0.146. The number of hydrogen-bond acceptors (Lipinski definition) is 5. The van der Waals surface area contributed by atoms with Crippen molar-refractivity contribution in [3.63, 3.8) is 0 Å². The van der Waals surface area contributed by atoms with E-state index in [-0.39, 0.29) is 12.0 Å². The fourth-order valence-corrected chi connectivity index (χ4v) is 2.63. The molecule has 1 fully saturated rings. The lowest BCUT2D eigenvalue weighted by Gasteiger charge is -2.22. The van der Waals surface area contributed by atoms with E-state index in [2.05, 4.69) is 25.8 Å². The van der Waals surface area contributed by atoms with Gasteiger partial charge in [-0.1, -0.05) is 0 Å². The second kappa shape index (κ2) is 5.67. The van der Waals surface area contributed by atoms with Gasteiger partial charge >= 0.3 is 5.97 Å². The molecule has 1 aliphatic heterocycles. The molecule has 0 bridgehead atoms. The van der Waals surface area contributed by atoms with Gasteiger partial charge in [0.2, 0.25) is 0 Å². The van der Waals surface area contributed by atoms with Crippen LogP contribution in [0.15, 0.2) is 16.7 Å². The van der Waals surface area contributed by atoms with E-state index in [9.17, 15) is 4.79 Å². The summed E-state index contributed by atoms with van der Waals surface area (Å²) in [4.78, 5) is 17.8. The SMILES string of the molecule is COC(=O)[C@H]1CCCN1Cc1cc(Br)cnc1N. The van der Waals surface area contributed by atoms with Crippen molar-refractivity contribution in [2.24, 2.45) is 0 Å². The Hall–Kier alpha value is -1.14. The summed E-state index contributed by atoms with van der Waals surface area (Å²) in [7, 11) is 1.42. The number of nitrogens with zero attached hydrogens (tertiary/aromatic N) is 2. The maximum atomic E-state index is 11.6. The molecule has 0 amide bonds. The van der Waals surface area contributed by atoms with Gasteiger partial charge in [0.25, 0.3) is 0 Å². The van der Waals surface area contributed by atoms with Crippen molar-refractivity contribution in [1.29, 1.82) is 0 Å². The van der Waals surface area contributed by atoms with Crippen molar-refractivity contribution < 1.29 is 9.53 Å². The Kier molecular flexibility index (Phi) is 4.19. The zero-order chi connectivity index (χ0) is 13.1. The first-order chi connectivity index (χ1) is 8.61. The number of nitrogen functional groups attached to an aromatic ring is 1. The van der Waals surface area contributed by atoms with Crippen molar-refractivity contribution in [3.8, 4) is 0 Å². The fraction of sp³-hybridized carbons (Fsp3) is 0.500. The van der Waals surface area contributed by atoms with Crippen LogP contribution >= 0.6 is 15.9 Å². The number of methoxy groups -OCH3 is 1. The van der Waals surface area contributed by atoms with Crippen molar-refractivity contribution in [3.05, 3.63) is 22.3 Å². The standard InChI is InChI=1S/C12H16BrN3O2/c1-18-12(17)10-3-2-4-16(10)7-8-5-9(13)6-15-11(8)14/h5-6,10H,2-4,7H2,1H3,(H2,14,15)/t10-/m1/s1. The number of nitrogens with two attached hydrogens (primary N) is 1. The quantitative estimate of drug-likeness (QED) is 0.858. The van der Waals surface area contributed by atoms with E-state index in [0.29, 0.717) is 12.4 Å². The highest BCUT2D eigenvalue weighted by molar-refractivity contribution is 9.10. The lowest BCUT2D eigenvalue weighted by atomic mass is 10.2. The molecule has 98 valence electrons. The molecule has 1 aliphatic rings. The van der Waals surface area contributed by atoms with E-state index >= 15 is 0 Å². The monoisotopic (exact) mass is 313 g/mol. The third kappa shape index (κ3) is 2.81. The van der Waals surface area contributed by atoms with Gasteiger partial charge in [0.1, 0.15) is 11.9 Å². The lowest BCUT2D eigenvalue weighted by Crippen LogP contribution is -2.36. The van der Waals surface area contributed by atoms with E-state index in [1.807, 2.05) is 6.07 Å². The number of ether oxygens (including phenoxy) is 1. The molecule has 1 aromatic rings. The molecule has 0 unspecified atom stereocenters. The normalized spacial score (nSPS) is 20.0. The van der Waals surface area contributed by atoms with Gasteiger partial charge in [-0.15, -0.1) is 0 Å². The predicted molar refractivity (Wildman–Crippen MR) is 71.8 cm³/mol. The van der Waals surface area contributed by atoms with Crippen LogP contribution in [0.25, 0.3) is 0 Å². The van der Waals surface area contributed by atoms with Crippen LogP contribution in [0.1, 0.15) is 18.4 Å². The molecule has 1 saturated heterocycles. The van der Waals surface area contributed by atoms with Crippen molar-refractivity contribution in [2.75, 3.05) is 19.4 Å². The van der Waals surface area contributed by atoms with Gasteiger partial charge in [0.05, 0.1) is 7.11 Å². The average Bonchev–Trinajstić information content (AvgIpc) is 2.81. The number of likely N-dealkylation sites (tertiary alicyclic amines) is 1. The number of pyridine rings is 1. The number of aromatic nitrogens is 1. The minimum atomic E-state index is -0.172. The average molecular weight is 314 g/mol. The smallest absolute Gasteiger partial charge is 0.323 e. The Balaban J connectivity index is 2.13. The van der Waals surface area contributed by atoms with Crippen LogP contribution in [-0.2, 0) is 16.1 Å². The summed E-state index contributed by atoms with van der Waals surface area (Å²) in [5, 5.41) is 0. The molecule has 0 radical (unpaired) electrons. The first kappa shape index (κ1) is 13.3. The topological polar surface area (TPSA) is 68.5 Å². The number of hydrogen-bond donors (Lipinski definition) is 1. The molecule has 0 aromatic carbocycles. The van der Waals surface area contributed by atoms with E-state index < -0.39 is 0 Å². The molecule has 2 heterocycles. The zero-order valence-corrected chi connectivity index (χ0v) is 11.8. The largest absolute Gasteiger partial charge is 0.468 e. The van der Waals surface area contributed by atoms with Crippen LogP contribution in [-0.4, -0.2) is 35.5 Å². The summed E-state index contributed by atoms with van der Waals surface area (Å²) in [6, 6.07) is 1.78. The number of esters is 1. The Bertz CT molecular complexity index is 453. The molecule has 6 heteroatoms. The number of anilines is 1. The summed E-state index contributed by atoms with van der Waals surface area (Å²) in [6.45, 7) is 1.50. The maximum absolute atomic E-state index is 11.6. The molecular weight excluding hydrogens is 298 g/mol. The van der Waals surface area contributed by atoms with Gasteiger partial charge in [-0.3, -0.25) is 9.69 Å². The fourth-order valence-electron chi connectivity index (χ4n) is 2.26. The second-order valence-corrected chi connectivity index (χ2v) is 5.27. The minimum absolute atomic E-state index is 0.159. The third-order valence-electron chi connectivity index (χ3n) is 3.18. The van der Waals surface area contributed by atoms with Crippen molar-refractivity contribution in [2.45, 2.75) is 25.4 Å². The Morgan fingerprint density at radius 2 is 2.50 bits per heavy atom. The number of halogens is 1. The van der Waals surface area contributed by atoms with E-state index in [0.717, 1.165) is 29.4 Å². The molecule has 0 spiro atoms. The molecule has 5 nitrogen and oxygen atoms in total. The highest BCUT2D eigenvalue weighted by Gasteiger charge is 2.31. The van der Waals surface area contributed by atoms with Crippen LogP contribution in [0.2, 0.25) is 0 Å². The highest BCUT2D eigenvalue weighted by atomic mass is 79.9. The third-order valence-corrected chi connectivity index (χ3v) is 3.61. The van der Waals surface area contributed by atoms with Gasteiger partial charge in [-0.25, -0.2) is 4.98 Å².